The summed E-state index contributed by atoms with van der Waals surface area (Å²) in [5, 5.41) is 15.1. The Morgan fingerprint density at radius 1 is 1.61 bits per heavy atom. The van der Waals surface area contributed by atoms with E-state index in [9.17, 15) is 9.59 Å². The Morgan fingerprint density at radius 3 is 3.00 bits per heavy atom. The first-order valence-electron chi connectivity index (χ1n) is 5.64. The van der Waals surface area contributed by atoms with Gasteiger partial charge < -0.3 is 19.8 Å². The summed E-state index contributed by atoms with van der Waals surface area (Å²) in [5.41, 5.74) is 0. The van der Waals surface area contributed by atoms with E-state index in [4.69, 9.17) is 9.63 Å². The van der Waals surface area contributed by atoms with Gasteiger partial charge in [0.1, 0.15) is 6.04 Å². The van der Waals surface area contributed by atoms with Crippen LogP contribution in [0.15, 0.2) is 4.52 Å². The van der Waals surface area contributed by atoms with Crippen LogP contribution in [0.1, 0.15) is 24.6 Å². The Labute approximate surface area is 103 Å². The molecule has 1 aromatic heterocycles. The maximum atomic E-state index is 11.8. The number of urea groups is 1. The number of likely N-dealkylation sites (tertiary alicyclic amines) is 1. The first kappa shape index (κ1) is 12.3. The second kappa shape index (κ2) is 5.03. The predicted molar refractivity (Wildman–Crippen MR) is 58.6 cm³/mol. The summed E-state index contributed by atoms with van der Waals surface area (Å²) >= 11 is 0. The highest BCUT2D eigenvalue weighted by Crippen LogP contribution is 2.17. The quantitative estimate of drug-likeness (QED) is 0.794. The van der Waals surface area contributed by atoms with Crippen molar-refractivity contribution in [3.63, 3.8) is 0 Å². The number of carboxylic acids is 1. The van der Waals surface area contributed by atoms with Crippen molar-refractivity contribution in [2.45, 2.75) is 32.4 Å². The summed E-state index contributed by atoms with van der Waals surface area (Å²) < 4.78 is 4.84. The van der Waals surface area contributed by atoms with Crippen molar-refractivity contribution in [3.8, 4) is 0 Å². The Hall–Kier alpha value is -2.12. The highest BCUT2D eigenvalue weighted by atomic mass is 16.5. The number of aryl methyl sites for hydroxylation is 1. The third-order valence-electron chi connectivity index (χ3n) is 2.76. The van der Waals surface area contributed by atoms with Gasteiger partial charge in [-0.2, -0.15) is 4.98 Å². The number of carbonyl (C=O) groups excluding carboxylic acids is 1. The number of carbonyl (C=O) groups is 2. The minimum atomic E-state index is -0.976. The molecule has 0 spiro atoms. The zero-order chi connectivity index (χ0) is 13.1. The second-order valence-corrected chi connectivity index (χ2v) is 4.08. The molecule has 18 heavy (non-hydrogen) atoms. The number of rotatable bonds is 3. The van der Waals surface area contributed by atoms with Crippen LogP contribution in [0.3, 0.4) is 0 Å². The van der Waals surface area contributed by atoms with Crippen molar-refractivity contribution >= 4 is 12.0 Å². The molecular weight excluding hydrogens is 240 g/mol. The van der Waals surface area contributed by atoms with Crippen molar-refractivity contribution in [2.75, 3.05) is 6.54 Å². The summed E-state index contributed by atoms with van der Waals surface area (Å²) in [7, 11) is 0. The molecule has 1 saturated heterocycles. The molecule has 2 rings (SSSR count). The molecule has 1 aromatic rings. The topological polar surface area (TPSA) is 109 Å². The molecule has 0 aliphatic carbocycles. The van der Waals surface area contributed by atoms with Gasteiger partial charge in [0.05, 0.1) is 6.54 Å². The Bertz CT molecular complexity index is 458. The highest BCUT2D eigenvalue weighted by Gasteiger charge is 2.33. The number of nitrogens with zero attached hydrogens (tertiary/aromatic N) is 3. The van der Waals surface area contributed by atoms with E-state index in [1.807, 2.05) is 0 Å². The molecule has 98 valence electrons. The van der Waals surface area contributed by atoms with E-state index in [0.717, 1.165) is 0 Å². The number of hydrogen-bond acceptors (Lipinski definition) is 5. The largest absolute Gasteiger partial charge is 0.480 e. The van der Waals surface area contributed by atoms with E-state index in [1.54, 1.807) is 6.92 Å². The van der Waals surface area contributed by atoms with Crippen molar-refractivity contribution in [2.24, 2.45) is 0 Å². The molecule has 0 aromatic carbocycles. The second-order valence-electron chi connectivity index (χ2n) is 4.08. The van der Waals surface area contributed by atoms with Crippen LogP contribution in [0.2, 0.25) is 0 Å². The van der Waals surface area contributed by atoms with Crippen molar-refractivity contribution in [3.05, 3.63) is 11.7 Å². The van der Waals surface area contributed by atoms with Gasteiger partial charge in [-0.05, 0) is 19.8 Å². The third kappa shape index (κ3) is 2.58. The lowest BCUT2D eigenvalue weighted by molar-refractivity contribution is -0.141. The van der Waals surface area contributed by atoms with Crippen LogP contribution in [0, 0.1) is 6.92 Å². The average molecular weight is 254 g/mol. The molecule has 0 bridgehead atoms. The molecule has 1 fully saturated rings. The van der Waals surface area contributed by atoms with E-state index in [-0.39, 0.29) is 6.54 Å². The Morgan fingerprint density at radius 2 is 2.39 bits per heavy atom. The number of hydrogen-bond donors (Lipinski definition) is 2. The van der Waals surface area contributed by atoms with Crippen molar-refractivity contribution in [1.29, 1.82) is 0 Å². The minimum Gasteiger partial charge on any atom is -0.480 e. The van der Waals surface area contributed by atoms with Crippen LogP contribution in [-0.2, 0) is 11.3 Å². The van der Waals surface area contributed by atoms with Gasteiger partial charge in [-0.25, -0.2) is 9.59 Å². The van der Waals surface area contributed by atoms with Gasteiger partial charge in [0.2, 0.25) is 5.89 Å². The first-order valence-corrected chi connectivity index (χ1v) is 5.64. The molecule has 8 nitrogen and oxygen atoms in total. The van der Waals surface area contributed by atoms with E-state index in [1.165, 1.54) is 4.90 Å². The van der Waals surface area contributed by atoms with Gasteiger partial charge in [0.25, 0.3) is 0 Å². The molecule has 2 heterocycles. The number of amides is 2. The van der Waals surface area contributed by atoms with Crippen LogP contribution in [0.5, 0.6) is 0 Å². The number of carboxylic acid groups (broad SMARTS) is 1. The van der Waals surface area contributed by atoms with Crippen LogP contribution in [-0.4, -0.2) is 44.7 Å². The SMILES string of the molecule is Cc1noc(CNC(=O)N2CCCC2C(=O)O)n1. The van der Waals surface area contributed by atoms with Crippen LogP contribution in [0.25, 0.3) is 0 Å². The highest BCUT2D eigenvalue weighted by molar-refractivity contribution is 5.83. The molecule has 2 N–H and O–H groups in total. The fraction of sp³-hybridized carbons (Fsp3) is 0.600. The zero-order valence-corrected chi connectivity index (χ0v) is 9.92. The first-order chi connectivity index (χ1) is 8.58. The standard InChI is InChI=1S/C10H14N4O4/c1-6-12-8(18-13-6)5-11-10(17)14-4-2-3-7(14)9(15)16/h7H,2-5H2,1H3,(H,11,17)(H,15,16). The summed E-state index contributed by atoms with van der Waals surface area (Å²) in [5.74, 6) is -0.188. The van der Waals surface area contributed by atoms with Crippen LogP contribution in [0.4, 0.5) is 4.79 Å². The fourth-order valence-electron chi connectivity index (χ4n) is 1.93. The van der Waals surface area contributed by atoms with Gasteiger partial charge in [0, 0.05) is 6.54 Å². The minimum absolute atomic E-state index is 0.0997. The van der Waals surface area contributed by atoms with Gasteiger partial charge in [-0.1, -0.05) is 5.16 Å². The van der Waals surface area contributed by atoms with E-state index >= 15 is 0 Å². The van der Waals surface area contributed by atoms with Gasteiger partial charge in [-0.15, -0.1) is 0 Å². The van der Waals surface area contributed by atoms with Crippen molar-refractivity contribution in [1.82, 2.24) is 20.4 Å². The summed E-state index contributed by atoms with van der Waals surface area (Å²) in [6.45, 7) is 2.23. The lowest BCUT2D eigenvalue weighted by Crippen LogP contribution is -2.45. The lowest BCUT2D eigenvalue weighted by atomic mass is 10.2. The lowest BCUT2D eigenvalue weighted by Gasteiger charge is -2.21. The van der Waals surface area contributed by atoms with E-state index < -0.39 is 18.0 Å². The molecule has 0 radical (unpaired) electrons. The molecule has 1 aliphatic rings. The van der Waals surface area contributed by atoms with Gasteiger partial charge in [0.15, 0.2) is 5.82 Å². The van der Waals surface area contributed by atoms with Crippen molar-refractivity contribution < 1.29 is 19.2 Å². The van der Waals surface area contributed by atoms with Crippen LogP contribution >= 0.6 is 0 Å². The summed E-state index contributed by atoms with van der Waals surface area (Å²) in [4.78, 5) is 28.0. The molecular formula is C10H14N4O4. The summed E-state index contributed by atoms with van der Waals surface area (Å²) in [6.07, 6.45) is 1.19. The predicted octanol–water partition coefficient (Wildman–Crippen LogP) is 0.137. The van der Waals surface area contributed by atoms with E-state index in [2.05, 4.69) is 15.5 Å². The Balaban J connectivity index is 1.89. The normalized spacial score (nSPS) is 18.9. The monoisotopic (exact) mass is 254 g/mol. The smallest absolute Gasteiger partial charge is 0.326 e. The number of aromatic nitrogens is 2. The van der Waals surface area contributed by atoms with Gasteiger partial charge >= 0.3 is 12.0 Å². The fourth-order valence-corrected chi connectivity index (χ4v) is 1.93. The number of aliphatic carboxylic acids is 1. The third-order valence-corrected chi connectivity index (χ3v) is 2.76. The molecule has 1 aliphatic heterocycles. The van der Waals surface area contributed by atoms with Crippen LogP contribution < -0.4 is 5.32 Å². The maximum Gasteiger partial charge on any atom is 0.326 e. The molecule has 8 heteroatoms. The average Bonchev–Trinajstić information content (AvgIpc) is 2.94. The number of nitrogens with one attached hydrogen (secondary N) is 1. The van der Waals surface area contributed by atoms with Gasteiger partial charge in [-0.3, -0.25) is 0 Å². The maximum absolute atomic E-state index is 11.8. The molecule has 1 unspecified atom stereocenters. The molecule has 2 amide bonds. The zero-order valence-electron chi connectivity index (χ0n) is 9.92. The summed E-state index contributed by atoms with van der Waals surface area (Å²) in [6, 6.07) is -1.16. The van der Waals surface area contributed by atoms with E-state index in [0.29, 0.717) is 31.1 Å². The molecule has 0 saturated carbocycles. The Kier molecular flexibility index (Phi) is 3.45. The molecule has 1 atom stereocenters.